The number of rotatable bonds is 7. The number of hydrogen-bond donors (Lipinski definition) is 1. The number of carbonyl (C=O) groups excluding carboxylic acids is 1. The third kappa shape index (κ3) is 6.21. The summed E-state index contributed by atoms with van der Waals surface area (Å²) in [5.41, 5.74) is 1.36. The van der Waals surface area contributed by atoms with Gasteiger partial charge in [-0.15, -0.1) is 0 Å². The van der Waals surface area contributed by atoms with Crippen molar-refractivity contribution >= 4 is 21.8 Å². The van der Waals surface area contributed by atoms with Gasteiger partial charge in [-0.3, -0.25) is 4.79 Å². The molecule has 0 bridgehead atoms. The van der Waals surface area contributed by atoms with Crippen molar-refractivity contribution in [3.8, 4) is 5.75 Å². The van der Waals surface area contributed by atoms with E-state index in [9.17, 15) is 4.79 Å². The van der Waals surface area contributed by atoms with Gasteiger partial charge in [0.25, 0.3) is 0 Å². The Morgan fingerprint density at radius 3 is 2.70 bits per heavy atom. The summed E-state index contributed by atoms with van der Waals surface area (Å²) in [5, 5.41) is 3.08. The van der Waals surface area contributed by atoms with Crippen molar-refractivity contribution in [3.63, 3.8) is 0 Å². The predicted molar refractivity (Wildman–Crippen MR) is 113 cm³/mol. The van der Waals surface area contributed by atoms with Crippen LogP contribution in [0.25, 0.3) is 0 Å². The van der Waals surface area contributed by atoms with E-state index in [0.717, 1.165) is 36.8 Å². The Bertz CT molecular complexity index is 629. The average Bonchev–Trinajstić information content (AvgIpc) is 3.10. The summed E-state index contributed by atoms with van der Waals surface area (Å²) in [4.78, 5) is 13.8. The highest BCUT2D eigenvalue weighted by Crippen LogP contribution is 2.30. The van der Waals surface area contributed by atoms with Crippen LogP contribution in [0, 0.1) is 11.8 Å². The van der Waals surface area contributed by atoms with Crippen LogP contribution in [0.2, 0.25) is 0 Å². The van der Waals surface area contributed by atoms with Gasteiger partial charge in [0.1, 0.15) is 5.75 Å². The molecule has 2 aliphatic rings. The lowest BCUT2D eigenvalue weighted by Crippen LogP contribution is -2.36. The first-order chi connectivity index (χ1) is 13.0. The van der Waals surface area contributed by atoms with Crippen molar-refractivity contribution < 1.29 is 9.53 Å². The fraction of sp³-hybridized carbons (Fsp3) is 0.682. The van der Waals surface area contributed by atoms with Crippen molar-refractivity contribution in [1.82, 2.24) is 10.2 Å². The highest BCUT2D eigenvalue weighted by atomic mass is 79.9. The largest absolute Gasteiger partial charge is 0.497 e. The standard InChI is InChI=1S/C22H33BrN2O2/c1-16(26)24-20-5-3-17(4-6-20)9-11-25-12-10-18(15-25)13-19-14-21(27-2)7-8-22(19)23/h7-8,14,17-18,20H,3-6,9-13,15H2,1-2H3,(H,24,26)/t17-,18?,20-. The maximum Gasteiger partial charge on any atom is 0.217 e. The minimum Gasteiger partial charge on any atom is -0.497 e. The number of carbonyl (C=O) groups is 1. The number of amides is 1. The number of ether oxygens (including phenoxy) is 1. The third-order valence-corrected chi connectivity index (χ3v) is 7.01. The molecule has 1 atom stereocenters. The molecule has 2 fully saturated rings. The highest BCUT2D eigenvalue weighted by molar-refractivity contribution is 9.10. The van der Waals surface area contributed by atoms with Crippen molar-refractivity contribution in [2.75, 3.05) is 26.7 Å². The number of likely N-dealkylation sites (tertiary alicyclic amines) is 1. The first-order valence-corrected chi connectivity index (χ1v) is 11.1. The van der Waals surface area contributed by atoms with Crippen LogP contribution in [0.4, 0.5) is 0 Å². The second-order valence-corrected chi connectivity index (χ2v) is 9.18. The van der Waals surface area contributed by atoms with Gasteiger partial charge in [-0.1, -0.05) is 15.9 Å². The van der Waals surface area contributed by atoms with Crippen LogP contribution in [0.15, 0.2) is 22.7 Å². The van der Waals surface area contributed by atoms with Gasteiger partial charge in [-0.25, -0.2) is 0 Å². The zero-order valence-electron chi connectivity index (χ0n) is 16.7. The maximum atomic E-state index is 11.2. The van der Waals surface area contributed by atoms with Gasteiger partial charge < -0.3 is 15.0 Å². The quantitative estimate of drug-likeness (QED) is 0.687. The van der Waals surface area contributed by atoms with E-state index >= 15 is 0 Å². The van der Waals surface area contributed by atoms with Gasteiger partial charge in [0.15, 0.2) is 0 Å². The second-order valence-electron chi connectivity index (χ2n) is 8.32. The fourth-order valence-corrected chi connectivity index (χ4v) is 5.08. The molecule has 1 saturated carbocycles. The molecule has 150 valence electrons. The summed E-state index contributed by atoms with van der Waals surface area (Å²) in [6, 6.07) is 6.68. The summed E-state index contributed by atoms with van der Waals surface area (Å²) in [7, 11) is 1.73. The SMILES string of the molecule is COc1ccc(Br)c(CC2CCN(CC[C@H]3CC[C@H](NC(C)=O)CC3)C2)c1. The molecule has 0 aromatic heterocycles. The minimum atomic E-state index is 0.115. The van der Waals surface area contributed by atoms with E-state index in [1.807, 2.05) is 6.07 Å². The molecule has 0 spiro atoms. The second kappa shape index (κ2) is 9.92. The van der Waals surface area contributed by atoms with Crippen LogP contribution in [-0.2, 0) is 11.2 Å². The predicted octanol–water partition coefficient (Wildman–Crippen LogP) is 4.41. The molecule has 1 saturated heterocycles. The van der Waals surface area contributed by atoms with E-state index < -0.39 is 0 Å². The van der Waals surface area contributed by atoms with Crippen LogP contribution < -0.4 is 10.1 Å². The molecule has 1 N–H and O–H groups in total. The van der Waals surface area contributed by atoms with E-state index in [2.05, 4.69) is 38.3 Å². The van der Waals surface area contributed by atoms with Gasteiger partial charge >= 0.3 is 0 Å². The van der Waals surface area contributed by atoms with Crippen molar-refractivity contribution in [3.05, 3.63) is 28.2 Å². The Labute approximate surface area is 172 Å². The molecule has 1 heterocycles. The van der Waals surface area contributed by atoms with Crippen LogP contribution >= 0.6 is 15.9 Å². The number of nitrogens with one attached hydrogen (secondary N) is 1. The fourth-order valence-electron chi connectivity index (χ4n) is 4.68. The van der Waals surface area contributed by atoms with E-state index in [0.29, 0.717) is 6.04 Å². The minimum absolute atomic E-state index is 0.115. The van der Waals surface area contributed by atoms with Crippen LogP contribution in [0.3, 0.4) is 0 Å². The molecular weight excluding hydrogens is 404 g/mol. The summed E-state index contributed by atoms with van der Waals surface area (Å²) in [6.07, 6.45) is 8.54. The van der Waals surface area contributed by atoms with Gasteiger partial charge in [0, 0.05) is 24.0 Å². The van der Waals surface area contributed by atoms with Crippen molar-refractivity contribution in [2.24, 2.45) is 11.8 Å². The van der Waals surface area contributed by atoms with Gasteiger partial charge in [0.05, 0.1) is 7.11 Å². The van der Waals surface area contributed by atoms with Gasteiger partial charge in [-0.05, 0) is 93.6 Å². The van der Waals surface area contributed by atoms with Crippen molar-refractivity contribution in [2.45, 2.75) is 57.9 Å². The summed E-state index contributed by atoms with van der Waals surface area (Å²) < 4.78 is 6.57. The Hall–Kier alpha value is -1.07. The first-order valence-electron chi connectivity index (χ1n) is 10.4. The van der Waals surface area contributed by atoms with Crippen molar-refractivity contribution in [1.29, 1.82) is 0 Å². The number of nitrogens with zero attached hydrogens (tertiary/aromatic N) is 1. The van der Waals surface area contributed by atoms with E-state index in [-0.39, 0.29) is 5.91 Å². The van der Waals surface area contributed by atoms with Crippen LogP contribution in [-0.4, -0.2) is 43.6 Å². The van der Waals surface area contributed by atoms with Crippen LogP contribution in [0.1, 0.15) is 51.0 Å². The molecule has 1 aliphatic carbocycles. The van der Waals surface area contributed by atoms with E-state index in [1.165, 1.54) is 55.4 Å². The zero-order chi connectivity index (χ0) is 19.2. The smallest absolute Gasteiger partial charge is 0.217 e. The molecule has 1 unspecified atom stereocenters. The zero-order valence-corrected chi connectivity index (χ0v) is 18.3. The lowest BCUT2D eigenvalue weighted by molar-refractivity contribution is -0.119. The summed E-state index contributed by atoms with van der Waals surface area (Å²) in [6.45, 7) is 5.30. The molecule has 1 aliphatic heterocycles. The normalized spacial score (nSPS) is 26.1. The number of halogens is 1. The Morgan fingerprint density at radius 2 is 2.00 bits per heavy atom. The molecule has 4 nitrogen and oxygen atoms in total. The molecule has 0 radical (unpaired) electrons. The molecule has 1 aromatic rings. The molecule has 1 amide bonds. The third-order valence-electron chi connectivity index (χ3n) is 6.24. The Morgan fingerprint density at radius 1 is 1.22 bits per heavy atom. The number of methoxy groups -OCH3 is 1. The first kappa shape index (κ1) is 20.7. The number of hydrogen-bond acceptors (Lipinski definition) is 3. The topological polar surface area (TPSA) is 41.6 Å². The maximum absolute atomic E-state index is 11.2. The molecule has 1 aromatic carbocycles. The summed E-state index contributed by atoms with van der Waals surface area (Å²) >= 11 is 3.69. The molecule has 3 rings (SSSR count). The summed E-state index contributed by atoms with van der Waals surface area (Å²) in [5.74, 6) is 2.63. The lowest BCUT2D eigenvalue weighted by atomic mass is 9.84. The van der Waals surface area contributed by atoms with Gasteiger partial charge in [0.2, 0.25) is 5.91 Å². The monoisotopic (exact) mass is 436 g/mol. The average molecular weight is 437 g/mol. The van der Waals surface area contributed by atoms with E-state index in [4.69, 9.17) is 4.74 Å². The number of benzene rings is 1. The van der Waals surface area contributed by atoms with Gasteiger partial charge in [-0.2, -0.15) is 0 Å². The van der Waals surface area contributed by atoms with Crippen LogP contribution in [0.5, 0.6) is 5.75 Å². The Kier molecular flexibility index (Phi) is 7.59. The molecule has 27 heavy (non-hydrogen) atoms. The van der Waals surface area contributed by atoms with E-state index in [1.54, 1.807) is 14.0 Å². The Balaban J connectivity index is 1.39. The molecule has 5 heteroatoms. The molecular formula is C22H33BrN2O2. The lowest BCUT2D eigenvalue weighted by Gasteiger charge is -2.30. The highest BCUT2D eigenvalue weighted by Gasteiger charge is 2.26.